The molecule has 9 N–H and O–H groups in total. The molecule has 36 heavy (non-hydrogen) atoms. The van der Waals surface area contributed by atoms with Crippen LogP contribution in [0.2, 0.25) is 0 Å². The second-order valence-corrected chi connectivity index (χ2v) is 9.04. The number of carbonyl (C=O) groups excluding carboxylic acids is 4. The van der Waals surface area contributed by atoms with Crippen molar-refractivity contribution in [2.75, 3.05) is 0 Å². The van der Waals surface area contributed by atoms with Gasteiger partial charge in [-0.05, 0) is 18.3 Å². The second-order valence-electron chi connectivity index (χ2n) is 9.04. The summed E-state index contributed by atoms with van der Waals surface area (Å²) in [5.41, 5.74) is 11.8. The predicted octanol–water partition coefficient (Wildman–Crippen LogP) is -0.824. The third-order valence-electron chi connectivity index (χ3n) is 6.21. The number of nitrogens with one attached hydrogen (secondary N) is 4. The van der Waals surface area contributed by atoms with Gasteiger partial charge < -0.3 is 37.5 Å². The van der Waals surface area contributed by atoms with E-state index in [-0.39, 0.29) is 31.1 Å². The summed E-state index contributed by atoms with van der Waals surface area (Å²) in [4.78, 5) is 68.5. The molecule has 0 radical (unpaired) electrons. The molecule has 6 unspecified atom stereocenters. The number of aliphatic carboxylic acids is 1. The van der Waals surface area contributed by atoms with Gasteiger partial charge in [-0.15, -0.1) is 0 Å². The van der Waals surface area contributed by atoms with Gasteiger partial charge in [0, 0.05) is 24.7 Å². The number of hydrogen-bond donors (Lipinski definition) is 7. The molecule has 0 aromatic carbocycles. The van der Waals surface area contributed by atoms with E-state index in [2.05, 4.69) is 25.9 Å². The molecule has 6 atom stereocenters. The summed E-state index contributed by atoms with van der Waals surface area (Å²) < 4.78 is 0. The third kappa shape index (κ3) is 9.64. The van der Waals surface area contributed by atoms with Crippen LogP contribution in [0.4, 0.5) is 0 Å². The number of hydrogen-bond acceptors (Lipinski definition) is 7. The van der Waals surface area contributed by atoms with Crippen molar-refractivity contribution in [1.29, 1.82) is 0 Å². The Hall–Kier alpha value is -3.48. The first-order valence-corrected chi connectivity index (χ1v) is 12.1. The topological polar surface area (TPSA) is 222 Å². The Balaban J connectivity index is 3.02. The molecule has 13 heteroatoms. The number of primary amides is 1. The van der Waals surface area contributed by atoms with Gasteiger partial charge in [-0.3, -0.25) is 19.2 Å². The summed E-state index contributed by atoms with van der Waals surface area (Å²) in [5, 5.41) is 17.2. The van der Waals surface area contributed by atoms with Crippen LogP contribution in [0.25, 0.3) is 0 Å². The summed E-state index contributed by atoms with van der Waals surface area (Å²) in [6.07, 6.45) is 3.83. The van der Waals surface area contributed by atoms with Crippen LogP contribution >= 0.6 is 0 Å². The number of nitrogens with two attached hydrogens (primary N) is 2. The first-order valence-electron chi connectivity index (χ1n) is 12.1. The van der Waals surface area contributed by atoms with Crippen LogP contribution in [0.5, 0.6) is 0 Å². The average Bonchev–Trinajstić information content (AvgIpc) is 3.34. The number of aromatic nitrogens is 2. The summed E-state index contributed by atoms with van der Waals surface area (Å²) in [7, 11) is 0. The fraction of sp³-hybridized carbons (Fsp3) is 0.652. The molecule has 1 aromatic rings. The normalized spacial score (nSPS) is 16.0. The summed E-state index contributed by atoms with van der Waals surface area (Å²) >= 11 is 0. The molecular formula is C23H39N7O6. The maximum absolute atomic E-state index is 13.1. The molecule has 0 saturated heterocycles. The number of carboxylic acids is 1. The van der Waals surface area contributed by atoms with Gasteiger partial charge in [0.05, 0.1) is 12.4 Å². The van der Waals surface area contributed by atoms with Gasteiger partial charge in [0.2, 0.25) is 23.6 Å². The van der Waals surface area contributed by atoms with Crippen LogP contribution in [0.1, 0.15) is 59.1 Å². The number of amides is 4. The summed E-state index contributed by atoms with van der Waals surface area (Å²) in [6.45, 7) is 7.07. The molecule has 1 aromatic heterocycles. The molecule has 202 valence electrons. The van der Waals surface area contributed by atoms with Crippen molar-refractivity contribution in [3.8, 4) is 0 Å². The van der Waals surface area contributed by atoms with Crippen molar-refractivity contribution in [2.24, 2.45) is 23.3 Å². The molecule has 13 nitrogen and oxygen atoms in total. The minimum absolute atomic E-state index is 0.108. The van der Waals surface area contributed by atoms with E-state index in [0.717, 1.165) is 0 Å². The Labute approximate surface area is 210 Å². The zero-order valence-corrected chi connectivity index (χ0v) is 21.2. The first kappa shape index (κ1) is 30.6. The lowest BCUT2D eigenvalue weighted by Gasteiger charge is -2.29. The van der Waals surface area contributed by atoms with Gasteiger partial charge in [0.1, 0.15) is 18.1 Å². The number of carbonyl (C=O) groups is 5. The van der Waals surface area contributed by atoms with Crippen molar-refractivity contribution in [3.63, 3.8) is 0 Å². The van der Waals surface area contributed by atoms with E-state index in [0.29, 0.717) is 18.5 Å². The van der Waals surface area contributed by atoms with E-state index in [1.165, 1.54) is 12.5 Å². The Kier molecular flexibility index (Phi) is 12.6. The number of aromatic amines is 1. The quantitative estimate of drug-likeness (QED) is 0.149. The first-order chi connectivity index (χ1) is 16.9. The highest BCUT2D eigenvalue weighted by Gasteiger charge is 2.34. The molecule has 1 rings (SSSR count). The summed E-state index contributed by atoms with van der Waals surface area (Å²) in [5.74, 6) is -4.53. The van der Waals surface area contributed by atoms with Crippen LogP contribution in [-0.2, 0) is 30.4 Å². The Morgan fingerprint density at radius 2 is 1.56 bits per heavy atom. The van der Waals surface area contributed by atoms with Crippen molar-refractivity contribution in [3.05, 3.63) is 18.2 Å². The minimum Gasteiger partial charge on any atom is -0.480 e. The van der Waals surface area contributed by atoms with Crippen molar-refractivity contribution >= 4 is 29.6 Å². The molecule has 0 spiro atoms. The largest absolute Gasteiger partial charge is 0.480 e. The van der Waals surface area contributed by atoms with E-state index in [1.807, 2.05) is 13.8 Å². The maximum atomic E-state index is 13.1. The van der Waals surface area contributed by atoms with E-state index >= 15 is 0 Å². The molecule has 0 aliphatic carbocycles. The number of imidazole rings is 1. The van der Waals surface area contributed by atoms with Crippen molar-refractivity contribution in [1.82, 2.24) is 25.9 Å². The van der Waals surface area contributed by atoms with Crippen molar-refractivity contribution < 1.29 is 29.1 Å². The Morgan fingerprint density at radius 1 is 0.972 bits per heavy atom. The fourth-order valence-electron chi connectivity index (χ4n) is 3.44. The van der Waals surface area contributed by atoms with Gasteiger partial charge in [-0.2, -0.15) is 0 Å². The molecule has 0 aliphatic rings. The smallest absolute Gasteiger partial charge is 0.326 e. The van der Waals surface area contributed by atoms with Gasteiger partial charge >= 0.3 is 5.97 Å². The third-order valence-corrected chi connectivity index (χ3v) is 6.21. The van der Waals surface area contributed by atoms with Gasteiger partial charge in [-0.1, -0.05) is 40.5 Å². The zero-order chi connectivity index (χ0) is 27.4. The monoisotopic (exact) mass is 509 g/mol. The lowest BCUT2D eigenvalue weighted by atomic mass is 9.95. The highest BCUT2D eigenvalue weighted by Crippen LogP contribution is 2.13. The second kappa shape index (κ2) is 14.8. The van der Waals surface area contributed by atoms with Crippen LogP contribution in [0.15, 0.2) is 12.5 Å². The van der Waals surface area contributed by atoms with Crippen molar-refractivity contribution in [2.45, 2.75) is 84.0 Å². The van der Waals surface area contributed by atoms with E-state index in [9.17, 15) is 29.1 Å². The molecule has 0 fully saturated rings. The molecule has 0 aliphatic heterocycles. The lowest BCUT2D eigenvalue weighted by molar-refractivity contribution is -0.144. The van der Waals surface area contributed by atoms with Gasteiger partial charge in [0.25, 0.3) is 0 Å². The predicted molar refractivity (Wildman–Crippen MR) is 131 cm³/mol. The number of nitrogens with zero attached hydrogens (tertiary/aromatic N) is 1. The molecular weight excluding hydrogens is 470 g/mol. The molecule has 1 heterocycles. The Bertz CT molecular complexity index is 892. The number of rotatable bonds is 16. The standard InChI is InChI=1S/C23H39N7O6/c1-5-12(3)18(22(34)30-19(23(35)36)13(4)6-2)29-21(33)16(7-8-17(25)31)28-20(32)15(24)9-14-10-26-11-27-14/h10-13,15-16,18-19H,5-9,24H2,1-4H3,(H2,25,31)(H,26,27)(H,28,32)(H,29,33)(H,30,34)(H,35,36). The molecule has 0 saturated carbocycles. The van der Waals surface area contributed by atoms with E-state index in [1.54, 1.807) is 13.8 Å². The van der Waals surface area contributed by atoms with E-state index < -0.39 is 53.8 Å². The number of H-pyrrole nitrogens is 1. The highest BCUT2D eigenvalue weighted by atomic mass is 16.4. The van der Waals surface area contributed by atoms with E-state index in [4.69, 9.17) is 11.5 Å². The number of carboxylic acid groups (broad SMARTS) is 1. The van der Waals surface area contributed by atoms with Crippen LogP contribution in [0, 0.1) is 11.8 Å². The van der Waals surface area contributed by atoms with Crippen LogP contribution < -0.4 is 27.4 Å². The van der Waals surface area contributed by atoms with Crippen LogP contribution in [0.3, 0.4) is 0 Å². The zero-order valence-electron chi connectivity index (χ0n) is 21.2. The lowest BCUT2D eigenvalue weighted by Crippen LogP contribution is -2.59. The summed E-state index contributed by atoms with van der Waals surface area (Å²) in [6, 6.07) is -4.39. The molecule has 0 bridgehead atoms. The fourth-order valence-corrected chi connectivity index (χ4v) is 3.44. The van der Waals surface area contributed by atoms with Crippen LogP contribution in [-0.4, -0.2) is 68.8 Å². The molecule has 4 amide bonds. The highest BCUT2D eigenvalue weighted by molar-refractivity contribution is 5.94. The SMILES string of the molecule is CCC(C)C(NC(=O)C(NC(=O)C(CCC(N)=O)NC(=O)C(N)Cc1cnc[nH]1)C(C)CC)C(=O)O. The Morgan fingerprint density at radius 3 is 2.06 bits per heavy atom. The minimum atomic E-state index is -1.19. The van der Waals surface area contributed by atoms with Gasteiger partial charge in [-0.25, -0.2) is 9.78 Å². The maximum Gasteiger partial charge on any atom is 0.326 e. The average molecular weight is 510 g/mol. The van der Waals surface area contributed by atoms with Gasteiger partial charge in [0.15, 0.2) is 0 Å².